The maximum absolute atomic E-state index is 8.88. The van der Waals surface area contributed by atoms with Gasteiger partial charge in [-0.15, -0.1) is 0 Å². The van der Waals surface area contributed by atoms with E-state index in [2.05, 4.69) is 0 Å². The summed E-state index contributed by atoms with van der Waals surface area (Å²) in [7, 11) is -4.64. The Morgan fingerprint density at radius 1 is 1.25 bits per heavy atom. The third kappa shape index (κ3) is 113. The molecule has 8 heteroatoms. The summed E-state index contributed by atoms with van der Waals surface area (Å²) in [5, 5.41) is 0. The van der Waals surface area contributed by atoms with Crippen LogP contribution in [-0.4, -0.2) is 32.0 Å². The minimum atomic E-state index is -4.64. The van der Waals surface area contributed by atoms with E-state index >= 15 is 0 Å². The summed E-state index contributed by atoms with van der Waals surface area (Å²) < 4.78 is 8.88. The average molecular weight is 188 g/mol. The van der Waals surface area contributed by atoms with E-state index in [4.69, 9.17) is 19.2 Å². The van der Waals surface area contributed by atoms with Gasteiger partial charge in [0.15, 0.2) is 17.4 Å². The Balaban J connectivity index is -0.0000000133. The van der Waals surface area contributed by atoms with Crippen molar-refractivity contribution in [2.24, 2.45) is 0 Å². The van der Waals surface area contributed by atoms with E-state index < -0.39 is 7.82 Å². The van der Waals surface area contributed by atoms with Crippen molar-refractivity contribution < 1.29 is 56.9 Å². The molecule has 8 heavy (non-hydrogen) atoms. The van der Waals surface area contributed by atoms with Crippen molar-refractivity contribution in [1.82, 2.24) is 0 Å². The van der Waals surface area contributed by atoms with Crippen molar-refractivity contribution in [3.05, 3.63) is 0 Å². The fourth-order valence-corrected chi connectivity index (χ4v) is 0. The van der Waals surface area contributed by atoms with E-state index in [1.807, 2.05) is 0 Å². The summed E-state index contributed by atoms with van der Waals surface area (Å²) in [6.07, 6.45) is 0. The van der Waals surface area contributed by atoms with Gasteiger partial charge in [0.2, 0.25) is 0 Å². The van der Waals surface area contributed by atoms with Crippen molar-refractivity contribution in [2.75, 3.05) is 0 Å². The van der Waals surface area contributed by atoms with Crippen LogP contribution in [0.4, 0.5) is 0 Å². The zero-order valence-corrected chi connectivity index (χ0v) is 5.77. The maximum Gasteiger partial charge on any atom is 1.00 e. The van der Waals surface area contributed by atoms with Gasteiger partial charge in [-0.3, -0.25) is 0 Å². The first kappa shape index (κ1) is 22.6. The molecule has 0 saturated carbocycles. The predicted octanol–water partition coefficient (Wildman–Crippen LogP) is -5.00. The van der Waals surface area contributed by atoms with E-state index in [0.29, 0.717) is 0 Å². The van der Waals surface area contributed by atoms with Crippen LogP contribution in [0.1, 0.15) is 1.43 Å². The van der Waals surface area contributed by atoms with E-state index in [9.17, 15) is 0 Å². The summed E-state index contributed by atoms with van der Waals surface area (Å²) in [5.74, 6) is 0. The van der Waals surface area contributed by atoms with Gasteiger partial charge in [-0.1, -0.05) is 0 Å². The molecule has 0 heterocycles. The molecule has 4 nitrogen and oxygen atoms in total. The summed E-state index contributed by atoms with van der Waals surface area (Å²) in [6.45, 7) is 0. The van der Waals surface area contributed by atoms with Crippen molar-refractivity contribution in [1.29, 1.82) is 0 Å². The summed E-state index contributed by atoms with van der Waals surface area (Å²) in [5.41, 5.74) is 0. The number of phosphoric acid groups is 1. The SMILES string of the molecule is O=P(O)(O)O.[AlH3].[Cr].[H-].[Li+]. The van der Waals surface area contributed by atoms with Crippen LogP contribution in [-0.2, 0) is 21.9 Å². The standard InChI is InChI=1S/Al.Cr.Li.H3O4P.4H/c;;;1-5(2,3)4;;;;/h;;;(H3,1,2,3,4);;;;/q;;+1;;;;;-1. The molecule has 0 amide bonds. The number of rotatable bonds is 0. The molecular formula is H7AlCrLiO4P. The molecule has 0 atom stereocenters. The summed E-state index contributed by atoms with van der Waals surface area (Å²) in [6, 6.07) is 0. The average Bonchev–Trinajstić information content (AvgIpc) is 0.722. The van der Waals surface area contributed by atoms with Gasteiger partial charge in [0.25, 0.3) is 0 Å². The molecule has 3 N–H and O–H groups in total. The molecule has 0 saturated heterocycles. The third-order valence-electron chi connectivity index (χ3n) is 0. The monoisotopic (exact) mass is 188 g/mol. The molecule has 0 unspecified atom stereocenters. The molecule has 0 aromatic carbocycles. The first-order chi connectivity index (χ1) is 2.00. The second-order valence-corrected chi connectivity index (χ2v) is 1.54. The molecule has 0 aliphatic heterocycles. The smallest absolute Gasteiger partial charge is 1.00 e. The van der Waals surface area contributed by atoms with Crippen LogP contribution in [0.3, 0.4) is 0 Å². The second-order valence-electron chi connectivity index (χ2n) is 0.513. The first-order valence-electron chi connectivity index (χ1n) is 0.783. The van der Waals surface area contributed by atoms with Crippen LogP contribution >= 0.6 is 7.82 Å². The Labute approximate surface area is 81.8 Å². The van der Waals surface area contributed by atoms with Crippen LogP contribution in [0.2, 0.25) is 0 Å². The molecule has 0 fully saturated rings. The number of hydrogen-bond acceptors (Lipinski definition) is 1. The van der Waals surface area contributed by atoms with Crippen LogP contribution in [0.5, 0.6) is 0 Å². The van der Waals surface area contributed by atoms with Crippen molar-refractivity contribution in [2.45, 2.75) is 0 Å². The molecule has 0 aliphatic carbocycles. The minimum absolute atomic E-state index is 0. The Morgan fingerprint density at radius 3 is 1.25 bits per heavy atom. The van der Waals surface area contributed by atoms with Gasteiger partial charge < -0.3 is 16.1 Å². The normalized spacial score (nSPS) is 7.38. The van der Waals surface area contributed by atoms with Crippen LogP contribution in [0.15, 0.2) is 0 Å². The van der Waals surface area contributed by atoms with Crippen LogP contribution in [0.25, 0.3) is 0 Å². The predicted molar refractivity (Wildman–Crippen MR) is 25.3 cm³/mol. The molecule has 0 radical (unpaired) electrons. The van der Waals surface area contributed by atoms with Crippen molar-refractivity contribution in [3.8, 4) is 0 Å². The second kappa shape index (κ2) is 8.77. The van der Waals surface area contributed by atoms with Crippen LogP contribution < -0.4 is 18.9 Å². The Bertz CT molecular complexity index is 66.7. The van der Waals surface area contributed by atoms with E-state index in [0.717, 1.165) is 0 Å². The Hall–Kier alpha value is 1.77. The molecule has 0 spiro atoms. The van der Waals surface area contributed by atoms with Gasteiger partial charge >= 0.3 is 26.7 Å². The maximum atomic E-state index is 8.88. The molecule has 0 rings (SSSR count). The fourth-order valence-electron chi connectivity index (χ4n) is 0. The van der Waals surface area contributed by atoms with Gasteiger partial charge in [-0.25, -0.2) is 4.57 Å². The molecule has 0 bridgehead atoms. The zero-order chi connectivity index (χ0) is 4.50. The first-order valence-corrected chi connectivity index (χ1v) is 2.35. The fraction of sp³-hybridized carbons (Fsp3) is 0. The quantitative estimate of drug-likeness (QED) is 0.262. The van der Waals surface area contributed by atoms with Crippen molar-refractivity contribution in [3.63, 3.8) is 0 Å². The minimum Gasteiger partial charge on any atom is -1.00 e. The van der Waals surface area contributed by atoms with Gasteiger partial charge in [-0.2, -0.15) is 0 Å². The molecule has 0 aromatic heterocycles. The van der Waals surface area contributed by atoms with Gasteiger partial charge in [0.1, 0.15) is 0 Å². The topological polar surface area (TPSA) is 77.8 Å². The molecule has 0 aromatic rings. The van der Waals surface area contributed by atoms with E-state index in [1.54, 1.807) is 0 Å². The Kier molecular flexibility index (Phi) is 24.7. The molecule has 0 aliphatic rings. The number of hydrogen-bond donors (Lipinski definition) is 3. The van der Waals surface area contributed by atoms with Gasteiger partial charge in [-0.05, 0) is 0 Å². The van der Waals surface area contributed by atoms with E-state index in [1.165, 1.54) is 0 Å². The Morgan fingerprint density at radius 2 is 1.25 bits per heavy atom. The summed E-state index contributed by atoms with van der Waals surface area (Å²) >= 11 is 0. The van der Waals surface area contributed by atoms with Crippen molar-refractivity contribution >= 4 is 25.2 Å². The third-order valence-corrected chi connectivity index (χ3v) is 0. The van der Waals surface area contributed by atoms with Gasteiger partial charge in [0, 0.05) is 17.4 Å². The van der Waals surface area contributed by atoms with E-state index in [-0.39, 0.29) is 55.0 Å². The zero-order valence-electron chi connectivity index (χ0n) is 4.61. The van der Waals surface area contributed by atoms with Crippen LogP contribution in [0, 0.1) is 0 Å². The largest absolute Gasteiger partial charge is 1.00 e. The summed E-state index contributed by atoms with van der Waals surface area (Å²) in [4.78, 5) is 21.6. The molecule has 46 valence electrons. The molecular weight excluding hydrogens is 181 g/mol. The van der Waals surface area contributed by atoms with Gasteiger partial charge in [0.05, 0.1) is 0 Å².